The molecule has 2 N–H and O–H groups in total. The number of likely N-dealkylation sites (tertiary alicyclic amines) is 1. The van der Waals surface area contributed by atoms with E-state index in [-0.39, 0.29) is 29.6 Å². The molecular weight excluding hydrogens is 306 g/mol. The molecule has 1 rings (SSSR count). The lowest BCUT2D eigenvalue weighted by Gasteiger charge is -2.35. The summed E-state index contributed by atoms with van der Waals surface area (Å²) < 4.78 is 0. The fourth-order valence-electron chi connectivity index (χ4n) is 3.06. The second-order valence-corrected chi connectivity index (χ2v) is 7.01. The van der Waals surface area contributed by atoms with E-state index < -0.39 is 6.04 Å². The van der Waals surface area contributed by atoms with E-state index in [4.69, 9.17) is 0 Å². The molecule has 1 saturated heterocycles. The number of hydrogen-bond donors (Lipinski definition) is 2. The van der Waals surface area contributed by atoms with Crippen LogP contribution in [0.5, 0.6) is 0 Å². The summed E-state index contributed by atoms with van der Waals surface area (Å²) >= 11 is 0. The molecule has 0 spiro atoms. The lowest BCUT2D eigenvalue weighted by atomic mass is 9.88. The van der Waals surface area contributed by atoms with Gasteiger partial charge in [-0.15, -0.1) is 0 Å². The quantitative estimate of drug-likeness (QED) is 0.706. The summed E-state index contributed by atoms with van der Waals surface area (Å²) in [7, 11) is 0. The average Bonchev–Trinajstić information content (AvgIpc) is 2.56. The van der Waals surface area contributed by atoms with Crippen LogP contribution in [0.3, 0.4) is 0 Å². The van der Waals surface area contributed by atoms with Crippen molar-refractivity contribution in [1.82, 2.24) is 15.5 Å². The van der Waals surface area contributed by atoms with E-state index in [0.717, 1.165) is 19.3 Å². The Balaban J connectivity index is 2.69. The van der Waals surface area contributed by atoms with Crippen LogP contribution in [0.25, 0.3) is 0 Å². The Labute approximate surface area is 145 Å². The van der Waals surface area contributed by atoms with E-state index >= 15 is 0 Å². The van der Waals surface area contributed by atoms with Crippen LogP contribution in [0.4, 0.5) is 0 Å². The Morgan fingerprint density at radius 3 is 2.25 bits per heavy atom. The van der Waals surface area contributed by atoms with Crippen molar-refractivity contribution in [3.05, 3.63) is 0 Å². The summed E-state index contributed by atoms with van der Waals surface area (Å²) in [4.78, 5) is 38.3. The van der Waals surface area contributed by atoms with Gasteiger partial charge in [-0.25, -0.2) is 0 Å². The molecule has 0 aliphatic carbocycles. The van der Waals surface area contributed by atoms with Crippen LogP contribution in [-0.2, 0) is 14.4 Å². The van der Waals surface area contributed by atoms with Crippen LogP contribution in [0, 0.1) is 11.8 Å². The molecule has 6 heteroatoms. The molecule has 0 saturated carbocycles. The molecule has 24 heavy (non-hydrogen) atoms. The van der Waals surface area contributed by atoms with Gasteiger partial charge in [-0.1, -0.05) is 27.7 Å². The minimum absolute atomic E-state index is 0.0753. The molecule has 3 amide bonds. The maximum atomic E-state index is 12.5. The molecule has 0 bridgehead atoms. The van der Waals surface area contributed by atoms with E-state index in [1.807, 2.05) is 32.6 Å². The van der Waals surface area contributed by atoms with Gasteiger partial charge in [0.05, 0.1) is 0 Å². The zero-order chi connectivity index (χ0) is 18.1. The first-order valence-electron chi connectivity index (χ1n) is 9.23. The van der Waals surface area contributed by atoms with E-state index in [2.05, 4.69) is 10.6 Å². The predicted molar refractivity (Wildman–Crippen MR) is 94.3 cm³/mol. The summed E-state index contributed by atoms with van der Waals surface area (Å²) in [5.74, 6) is 0.319. The van der Waals surface area contributed by atoms with Crippen LogP contribution in [0.2, 0.25) is 0 Å². The maximum Gasteiger partial charge on any atom is 0.242 e. The standard InChI is InChI=1S/C18H33N3O3/c1-5-9-19-18(24)17(20-15(22)12-13(3)4)14-7-10-21(11-8-14)16(23)6-2/h13-14,17H,5-12H2,1-4H3,(H,19,24)(H,20,22). The summed E-state index contributed by atoms with van der Waals surface area (Å²) in [5, 5.41) is 5.83. The first kappa shape index (κ1) is 20.5. The number of piperidine rings is 1. The smallest absolute Gasteiger partial charge is 0.242 e. The molecule has 0 radical (unpaired) electrons. The van der Waals surface area contributed by atoms with Gasteiger partial charge in [0.2, 0.25) is 17.7 Å². The van der Waals surface area contributed by atoms with Gasteiger partial charge >= 0.3 is 0 Å². The van der Waals surface area contributed by atoms with Crippen LogP contribution >= 0.6 is 0 Å². The van der Waals surface area contributed by atoms with Crippen LogP contribution in [0.1, 0.15) is 59.8 Å². The summed E-state index contributed by atoms with van der Waals surface area (Å²) in [5.41, 5.74) is 0. The van der Waals surface area contributed by atoms with Crippen molar-refractivity contribution in [2.75, 3.05) is 19.6 Å². The highest BCUT2D eigenvalue weighted by molar-refractivity contribution is 5.88. The van der Waals surface area contributed by atoms with E-state index in [1.54, 1.807) is 0 Å². The Morgan fingerprint density at radius 1 is 1.12 bits per heavy atom. The summed E-state index contributed by atoms with van der Waals surface area (Å²) in [6.07, 6.45) is 3.29. The molecule has 1 aliphatic heterocycles. The third kappa shape index (κ3) is 6.49. The summed E-state index contributed by atoms with van der Waals surface area (Å²) in [6.45, 7) is 9.77. The molecule has 138 valence electrons. The van der Waals surface area contributed by atoms with Gasteiger partial charge in [-0.05, 0) is 31.1 Å². The Kier molecular flexibility index (Phi) is 8.79. The molecule has 1 heterocycles. The van der Waals surface area contributed by atoms with Gasteiger partial charge in [-0.2, -0.15) is 0 Å². The molecule has 0 aromatic rings. The Morgan fingerprint density at radius 2 is 1.75 bits per heavy atom. The largest absolute Gasteiger partial charge is 0.354 e. The van der Waals surface area contributed by atoms with Crippen molar-refractivity contribution in [3.8, 4) is 0 Å². The molecule has 1 unspecified atom stereocenters. The second-order valence-electron chi connectivity index (χ2n) is 7.01. The molecule has 0 aromatic heterocycles. The number of carbonyl (C=O) groups excluding carboxylic acids is 3. The van der Waals surface area contributed by atoms with E-state index in [1.165, 1.54) is 0 Å². The number of hydrogen-bond acceptors (Lipinski definition) is 3. The van der Waals surface area contributed by atoms with Crippen molar-refractivity contribution in [2.45, 2.75) is 65.8 Å². The highest BCUT2D eigenvalue weighted by Crippen LogP contribution is 2.22. The fourth-order valence-corrected chi connectivity index (χ4v) is 3.06. The van der Waals surface area contributed by atoms with E-state index in [9.17, 15) is 14.4 Å². The van der Waals surface area contributed by atoms with Gasteiger partial charge in [0.15, 0.2) is 0 Å². The zero-order valence-electron chi connectivity index (χ0n) is 15.6. The zero-order valence-corrected chi connectivity index (χ0v) is 15.6. The van der Waals surface area contributed by atoms with Crippen LogP contribution < -0.4 is 10.6 Å². The minimum atomic E-state index is -0.498. The van der Waals surface area contributed by atoms with Crippen molar-refractivity contribution >= 4 is 17.7 Å². The number of nitrogens with one attached hydrogen (secondary N) is 2. The lowest BCUT2D eigenvalue weighted by Crippen LogP contribution is -2.54. The van der Waals surface area contributed by atoms with Gasteiger partial charge in [0, 0.05) is 32.5 Å². The van der Waals surface area contributed by atoms with Crippen LogP contribution in [0.15, 0.2) is 0 Å². The van der Waals surface area contributed by atoms with Gasteiger partial charge in [0.1, 0.15) is 6.04 Å². The molecule has 1 aliphatic rings. The molecule has 0 aromatic carbocycles. The first-order valence-corrected chi connectivity index (χ1v) is 9.23. The molecule has 1 atom stereocenters. The normalized spacial score (nSPS) is 16.8. The Hall–Kier alpha value is -1.59. The van der Waals surface area contributed by atoms with Crippen molar-refractivity contribution in [3.63, 3.8) is 0 Å². The SMILES string of the molecule is CCCNC(=O)C(NC(=O)CC(C)C)C1CCN(C(=O)CC)CC1. The van der Waals surface area contributed by atoms with Crippen molar-refractivity contribution in [2.24, 2.45) is 11.8 Å². The summed E-state index contributed by atoms with van der Waals surface area (Å²) in [6, 6.07) is -0.498. The monoisotopic (exact) mass is 339 g/mol. The lowest BCUT2D eigenvalue weighted by molar-refractivity contribution is -0.134. The van der Waals surface area contributed by atoms with Gasteiger partial charge in [0.25, 0.3) is 0 Å². The third-order valence-electron chi connectivity index (χ3n) is 4.41. The minimum Gasteiger partial charge on any atom is -0.354 e. The highest BCUT2D eigenvalue weighted by atomic mass is 16.2. The third-order valence-corrected chi connectivity index (χ3v) is 4.41. The van der Waals surface area contributed by atoms with Crippen molar-refractivity contribution < 1.29 is 14.4 Å². The molecule has 6 nitrogen and oxygen atoms in total. The number of carbonyl (C=O) groups is 3. The van der Waals surface area contributed by atoms with Gasteiger partial charge < -0.3 is 15.5 Å². The maximum absolute atomic E-state index is 12.5. The topological polar surface area (TPSA) is 78.5 Å². The van der Waals surface area contributed by atoms with E-state index in [0.29, 0.717) is 32.5 Å². The molecule has 1 fully saturated rings. The fraction of sp³-hybridized carbons (Fsp3) is 0.833. The number of rotatable bonds is 8. The highest BCUT2D eigenvalue weighted by Gasteiger charge is 2.33. The second kappa shape index (κ2) is 10.3. The number of amides is 3. The first-order chi connectivity index (χ1) is 11.4. The predicted octanol–water partition coefficient (Wildman–Crippen LogP) is 1.69. The number of nitrogens with zero attached hydrogens (tertiary/aromatic N) is 1. The average molecular weight is 339 g/mol. The van der Waals surface area contributed by atoms with Gasteiger partial charge in [-0.3, -0.25) is 14.4 Å². The van der Waals surface area contributed by atoms with Crippen LogP contribution in [-0.4, -0.2) is 48.3 Å². The Bertz CT molecular complexity index is 429. The van der Waals surface area contributed by atoms with Crippen molar-refractivity contribution in [1.29, 1.82) is 0 Å². The molecular formula is C18H33N3O3.